The predicted octanol–water partition coefficient (Wildman–Crippen LogP) is 9.61. The lowest BCUT2D eigenvalue weighted by molar-refractivity contribution is -0.158. The van der Waals surface area contributed by atoms with Gasteiger partial charge < -0.3 is 15.1 Å². The molecule has 5 rings (SSSR count). The summed E-state index contributed by atoms with van der Waals surface area (Å²) in [6, 6.07) is 14.9. The molecule has 0 bridgehead atoms. The first-order chi connectivity index (χ1) is 28.3. The number of nitrogens with one attached hydrogen (secondary N) is 1. The molecule has 1 aliphatic carbocycles. The van der Waals surface area contributed by atoms with Crippen LogP contribution in [0.2, 0.25) is 10.0 Å². The molecule has 1 N–H and O–H groups in total. The second kappa shape index (κ2) is 20.5. The van der Waals surface area contributed by atoms with Crippen LogP contribution in [-0.2, 0) is 24.2 Å². The van der Waals surface area contributed by atoms with E-state index in [2.05, 4.69) is 10.4 Å². The number of benzene rings is 2. The summed E-state index contributed by atoms with van der Waals surface area (Å²) in [5.74, 6) is -1.32. The van der Waals surface area contributed by atoms with Crippen molar-refractivity contribution in [2.75, 3.05) is 25.9 Å². The molecule has 2 fully saturated rings. The molecule has 330 valence electrons. The molecule has 15 heteroatoms. The molecule has 3 amide bonds. The third-order valence-electron chi connectivity index (χ3n) is 12.5. The van der Waals surface area contributed by atoms with Crippen LogP contribution < -0.4 is 5.32 Å². The fraction of sp³-hybridized carbons (Fsp3) is 0.600. The Balaban J connectivity index is 1.22. The Hall–Kier alpha value is -3.55. The molecule has 1 saturated carbocycles. The molecule has 4 atom stereocenters. The molecule has 60 heavy (non-hydrogen) atoms. The van der Waals surface area contributed by atoms with Crippen molar-refractivity contribution >= 4 is 50.8 Å². The number of halogens is 4. The van der Waals surface area contributed by atoms with E-state index in [0.29, 0.717) is 61.7 Å². The molecule has 2 heterocycles. The summed E-state index contributed by atoms with van der Waals surface area (Å²) in [6.45, 7) is 9.95. The summed E-state index contributed by atoms with van der Waals surface area (Å²) in [5, 5.41) is 7.47. The minimum atomic E-state index is -3.59. The number of sulfone groups is 1. The second-order valence-corrected chi connectivity index (χ2v) is 21.2. The van der Waals surface area contributed by atoms with Crippen LogP contribution in [0.5, 0.6) is 0 Å². The smallest absolute Gasteiger partial charge is 0.282 e. The molecule has 10 nitrogen and oxygen atoms in total. The molecule has 3 aromatic rings. The van der Waals surface area contributed by atoms with E-state index in [1.807, 2.05) is 51.1 Å². The zero-order chi connectivity index (χ0) is 43.9. The maximum absolute atomic E-state index is 15.1. The fourth-order valence-electron chi connectivity index (χ4n) is 8.91. The van der Waals surface area contributed by atoms with Crippen LogP contribution >= 0.6 is 23.2 Å². The highest BCUT2D eigenvalue weighted by Crippen LogP contribution is 2.52. The number of unbranched alkanes of at least 4 members (excludes halogenated alkanes) is 2. The van der Waals surface area contributed by atoms with Crippen molar-refractivity contribution in [1.29, 1.82) is 0 Å². The summed E-state index contributed by atoms with van der Waals surface area (Å²) >= 11 is 12.9. The minimum Gasteiger partial charge on any atom is -0.356 e. The third kappa shape index (κ3) is 11.7. The lowest BCUT2D eigenvalue weighted by Gasteiger charge is -2.53. The van der Waals surface area contributed by atoms with Crippen molar-refractivity contribution in [2.45, 2.75) is 128 Å². The van der Waals surface area contributed by atoms with Crippen LogP contribution in [0.1, 0.15) is 134 Å². The van der Waals surface area contributed by atoms with Gasteiger partial charge in [-0.05, 0) is 113 Å². The van der Waals surface area contributed by atoms with Crippen molar-refractivity contribution in [3.63, 3.8) is 0 Å². The third-order valence-corrected chi connectivity index (χ3v) is 15.3. The van der Waals surface area contributed by atoms with Gasteiger partial charge in [-0.25, -0.2) is 17.2 Å². The summed E-state index contributed by atoms with van der Waals surface area (Å²) in [4.78, 5) is 45.5. The van der Waals surface area contributed by atoms with E-state index in [9.17, 15) is 26.8 Å². The monoisotopic (exact) mass is 891 g/mol. The van der Waals surface area contributed by atoms with Gasteiger partial charge in [0.25, 0.3) is 6.43 Å². The zero-order valence-electron chi connectivity index (χ0n) is 35.6. The van der Waals surface area contributed by atoms with Crippen molar-refractivity contribution in [1.82, 2.24) is 24.9 Å². The number of amides is 3. The lowest BCUT2D eigenvalue weighted by atomic mass is 9.66. The van der Waals surface area contributed by atoms with E-state index in [1.54, 1.807) is 59.8 Å². The predicted molar refractivity (Wildman–Crippen MR) is 233 cm³/mol. The largest absolute Gasteiger partial charge is 0.356 e. The van der Waals surface area contributed by atoms with Crippen LogP contribution in [0.3, 0.4) is 0 Å². The van der Waals surface area contributed by atoms with Gasteiger partial charge in [0, 0.05) is 60.7 Å². The van der Waals surface area contributed by atoms with Gasteiger partial charge in [-0.3, -0.25) is 19.1 Å². The summed E-state index contributed by atoms with van der Waals surface area (Å²) in [5.41, 5.74) is 0.309. The molecular formula is C45H61Cl2F2N5O5S. The number of likely N-dealkylation sites (tertiary alicyclic amines) is 1. The Labute approximate surface area is 364 Å². The molecule has 0 spiro atoms. The van der Waals surface area contributed by atoms with Gasteiger partial charge in [-0.1, -0.05) is 68.2 Å². The SMILES string of the molecule is CC(C)[C@@H](CS(=O)(=O)C(C)C)N1C(=O)[C@@](C)(CC(=O)NCCCCCN(C)C(=O)C2CCC(n3ccc(C(F)F)n3)CC2)C[C@H](c2cccc(Cl)c2)[C@H]1c1ccc(Cl)cc1. The number of alkyl halides is 2. The van der Waals surface area contributed by atoms with Crippen LogP contribution in [-0.4, -0.2) is 82.9 Å². The first kappa shape index (κ1) is 47.5. The number of carbonyl (C=O) groups excluding carboxylic acids is 3. The average molecular weight is 893 g/mol. The van der Waals surface area contributed by atoms with Gasteiger partial charge in [0.05, 0.1) is 28.5 Å². The first-order valence-corrected chi connectivity index (χ1v) is 23.7. The number of aromatic nitrogens is 2. The molecule has 2 aliphatic rings. The summed E-state index contributed by atoms with van der Waals surface area (Å²) in [6.07, 6.45) is 4.24. The van der Waals surface area contributed by atoms with Crippen molar-refractivity contribution < 1.29 is 31.6 Å². The van der Waals surface area contributed by atoms with Gasteiger partial charge in [-0.15, -0.1) is 0 Å². The van der Waals surface area contributed by atoms with Crippen LogP contribution in [0.15, 0.2) is 60.8 Å². The van der Waals surface area contributed by atoms with Crippen LogP contribution in [0.25, 0.3) is 0 Å². The van der Waals surface area contributed by atoms with E-state index in [-0.39, 0.29) is 59.4 Å². The summed E-state index contributed by atoms with van der Waals surface area (Å²) in [7, 11) is -1.78. The van der Waals surface area contributed by atoms with Gasteiger partial charge in [0.15, 0.2) is 9.84 Å². The van der Waals surface area contributed by atoms with Crippen molar-refractivity contribution in [3.8, 4) is 0 Å². The number of hydrogen-bond acceptors (Lipinski definition) is 6. The van der Waals surface area contributed by atoms with E-state index in [0.717, 1.165) is 24.0 Å². The van der Waals surface area contributed by atoms with Gasteiger partial charge in [-0.2, -0.15) is 5.10 Å². The first-order valence-electron chi connectivity index (χ1n) is 21.2. The lowest BCUT2D eigenvalue weighted by Crippen LogP contribution is -2.59. The number of hydrogen-bond donors (Lipinski definition) is 1. The van der Waals surface area contributed by atoms with E-state index < -0.39 is 39.0 Å². The number of piperidine rings is 1. The number of rotatable bonds is 18. The Morgan fingerprint density at radius 3 is 2.23 bits per heavy atom. The number of carbonyl (C=O) groups is 3. The normalized spacial score (nSPS) is 23.0. The molecule has 1 saturated heterocycles. The van der Waals surface area contributed by atoms with Crippen molar-refractivity contribution in [2.24, 2.45) is 17.3 Å². The van der Waals surface area contributed by atoms with Gasteiger partial charge in [0.1, 0.15) is 5.69 Å². The van der Waals surface area contributed by atoms with Crippen molar-refractivity contribution in [3.05, 3.63) is 87.7 Å². The Morgan fingerprint density at radius 2 is 1.63 bits per heavy atom. The maximum Gasteiger partial charge on any atom is 0.282 e. The molecule has 0 radical (unpaired) electrons. The highest BCUT2D eigenvalue weighted by Gasteiger charge is 2.53. The Morgan fingerprint density at radius 1 is 0.950 bits per heavy atom. The summed E-state index contributed by atoms with van der Waals surface area (Å²) < 4.78 is 54.7. The van der Waals surface area contributed by atoms with Gasteiger partial charge >= 0.3 is 0 Å². The Bertz CT molecular complexity index is 2040. The topological polar surface area (TPSA) is 122 Å². The Kier molecular flexibility index (Phi) is 16.3. The zero-order valence-corrected chi connectivity index (χ0v) is 38.0. The van der Waals surface area contributed by atoms with Crippen LogP contribution in [0.4, 0.5) is 8.78 Å². The highest BCUT2D eigenvalue weighted by molar-refractivity contribution is 7.92. The van der Waals surface area contributed by atoms with Gasteiger partial charge in [0.2, 0.25) is 17.7 Å². The van der Waals surface area contributed by atoms with E-state index in [4.69, 9.17) is 23.2 Å². The number of nitrogens with zero attached hydrogens (tertiary/aromatic N) is 4. The molecule has 2 aromatic carbocycles. The standard InChI is InChI=1S/C45H61Cl2F2N5O5S/c1-29(2)39(28-60(58,59)30(3)4)54-41(31-13-17-34(46)18-14-31)37(33-11-10-12-35(47)25-33)26-45(5,44(54)57)27-40(55)50-22-8-7-9-23-52(6)43(56)32-15-19-36(20-16-32)53-24-21-38(51-53)42(48)49/h10-14,17-18,21,24-25,29-30,32,36-37,39,41-42H,7-9,15-16,19-20,22-23,26-28H2,1-6H3,(H,50,55)/t32?,36?,37-,39-,41-,45-/m1/s1. The maximum atomic E-state index is 15.1. The molecular weight excluding hydrogens is 831 g/mol. The average Bonchev–Trinajstić information content (AvgIpc) is 3.70. The van der Waals surface area contributed by atoms with E-state index in [1.165, 1.54) is 6.07 Å². The van der Waals surface area contributed by atoms with Crippen LogP contribution in [0, 0.1) is 17.3 Å². The molecule has 1 aliphatic heterocycles. The second-order valence-electron chi connectivity index (χ2n) is 17.7. The highest BCUT2D eigenvalue weighted by atomic mass is 35.5. The van der Waals surface area contributed by atoms with E-state index >= 15 is 4.79 Å². The quantitative estimate of drug-likeness (QED) is 0.127. The molecule has 1 aromatic heterocycles. The minimum absolute atomic E-state index is 0.0148. The fourth-order valence-corrected chi connectivity index (χ4v) is 10.6. The molecule has 0 unspecified atom stereocenters.